The van der Waals surface area contributed by atoms with Crippen LogP contribution in [0.2, 0.25) is 0 Å². The van der Waals surface area contributed by atoms with Crippen molar-refractivity contribution in [1.82, 2.24) is 4.90 Å². The van der Waals surface area contributed by atoms with Crippen molar-refractivity contribution >= 4 is 5.97 Å². The second kappa shape index (κ2) is 5.41. The van der Waals surface area contributed by atoms with Crippen LogP contribution in [-0.4, -0.2) is 24.0 Å². The molecule has 0 aliphatic carbocycles. The molecule has 0 bridgehead atoms. The highest BCUT2D eigenvalue weighted by Gasteiger charge is 2.06. The van der Waals surface area contributed by atoms with Gasteiger partial charge >= 0.3 is 5.97 Å². The molecule has 0 aromatic heterocycles. The zero-order valence-electron chi connectivity index (χ0n) is 7.74. The van der Waals surface area contributed by atoms with E-state index in [0.717, 1.165) is 13.1 Å². The van der Waals surface area contributed by atoms with Crippen molar-refractivity contribution in [3.63, 3.8) is 0 Å². The minimum absolute atomic E-state index is 0.259. The number of carbonyl (C=O) groups excluding carboxylic acids is 1. The predicted molar refractivity (Wildman–Crippen MR) is 50.9 cm³/mol. The fourth-order valence-corrected chi connectivity index (χ4v) is 1.25. The Kier molecular flexibility index (Phi) is 4.09. The zero-order valence-corrected chi connectivity index (χ0v) is 7.74. The van der Waals surface area contributed by atoms with Crippen molar-refractivity contribution in [3.8, 4) is 0 Å². The molecule has 0 radical (unpaired) electrons. The molecule has 0 saturated carbocycles. The van der Waals surface area contributed by atoms with E-state index in [4.69, 9.17) is 4.74 Å². The Bertz CT molecular complexity index is 205. The summed E-state index contributed by atoms with van der Waals surface area (Å²) < 4.78 is 4.81. The van der Waals surface area contributed by atoms with Crippen LogP contribution >= 0.6 is 0 Å². The maximum Gasteiger partial charge on any atom is 0.314 e. The molecule has 1 fully saturated rings. The molecule has 72 valence electrons. The first kappa shape index (κ1) is 9.84. The number of hydrogen-bond donors (Lipinski definition) is 0. The number of rotatable bonds is 4. The van der Waals surface area contributed by atoms with E-state index in [1.807, 2.05) is 6.20 Å². The molecular weight excluding hydrogens is 166 g/mol. The minimum Gasteiger partial charge on any atom is -0.433 e. The van der Waals surface area contributed by atoms with E-state index >= 15 is 0 Å². The van der Waals surface area contributed by atoms with E-state index in [9.17, 15) is 4.79 Å². The average molecular weight is 181 g/mol. The zero-order chi connectivity index (χ0) is 9.52. The monoisotopic (exact) mass is 181 g/mol. The lowest BCUT2D eigenvalue weighted by atomic mass is 10.4. The number of ether oxygens (including phenoxy) is 1. The summed E-state index contributed by atoms with van der Waals surface area (Å²) in [4.78, 5) is 13.0. The Balaban J connectivity index is 2.16. The highest BCUT2D eigenvalue weighted by Crippen LogP contribution is 2.07. The van der Waals surface area contributed by atoms with Gasteiger partial charge in [0.05, 0.1) is 6.42 Å². The normalized spacial score (nSPS) is 16.5. The first-order valence-electron chi connectivity index (χ1n) is 4.54. The lowest BCUT2D eigenvalue weighted by Gasteiger charge is -2.09. The van der Waals surface area contributed by atoms with Crippen molar-refractivity contribution < 1.29 is 9.53 Å². The van der Waals surface area contributed by atoms with Gasteiger partial charge in [0.2, 0.25) is 0 Å². The largest absolute Gasteiger partial charge is 0.433 e. The van der Waals surface area contributed by atoms with Gasteiger partial charge in [0.1, 0.15) is 6.26 Å². The molecule has 1 heterocycles. The maximum absolute atomic E-state index is 10.9. The Morgan fingerprint density at radius 2 is 2.15 bits per heavy atom. The lowest BCUT2D eigenvalue weighted by molar-refractivity contribution is -0.137. The third-order valence-electron chi connectivity index (χ3n) is 1.92. The summed E-state index contributed by atoms with van der Waals surface area (Å²) in [6.45, 7) is 5.58. The van der Waals surface area contributed by atoms with E-state index in [1.54, 1.807) is 0 Å². The number of carbonyl (C=O) groups is 1. The van der Waals surface area contributed by atoms with Crippen molar-refractivity contribution in [1.29, 1.82) is 0 Å². The van der Waals surface area contributed by atoms with Crippen LogP contribution in [0.3, 0.4) is 0 Å². The molecule has 0 amide bonds. The van der Waals surface area contributed by atoms with Gasteiger partial charge in [-0.2, -0.15) is 0 Å². The lowest BCUT2D eigenvalue weighted by Crippen LogP contribution is -2.10. The van der Waals surface area contributed by atoms with Gasteiger partial charge in [-0.1, -0.05) is 6.08 Å². The molecule has 0 aromatic carbocycles. The SMILES string of the molecule is C=CCC(=O)OC=CN1CCCC1. The van der Waals surface area contributed by atoms with E-state index < -0.39 is 0 Å². The molecule has 1 saturated heterocycles. The first-order valence-corrected chi connectivity index (χ1v) is 4.54. The van der Waals surface area contributed by atoms with Crippen LogP contribution < -0.4 is 0 Å². The predicted octanol–water partition coefficient (Wildman–Crippen LogP) is 1.67. The molecule has 3 nitrogen and oxygen atoms in total. The summed E-state index contributed by atoms with van der Waals surface area (Å²) in [5.74, 6) is -0.259. The average Bonchev–Trinajstić information content (AvgIpc) is 2.57. The Hall–Kier alpha value is -1.25. The van der Waals surface area contributed by atoms with Crippen molar-refractivity contribution in [2.24, 2.45) is 0 Å². The highest BCUT2D eigenvalue weighted by atomic mass is 16.5. The summed E-state index contributed by atoms with van der Waals surface area (Å²) in [7, 11) is 0. The van der Waals surface area contributed by atoms with Gasteiger partial charge in [-0.05, 0) is 12.8 Å². The molecule has 0 N–H and O–H groups in total. The smallest absolute Gasteiger partial charge is 0.314 e. The number of hydrogen-bond acceptors (Lipinski definition) is 3. The second-order valence-corrected chi connectivity index (χ2v) is 3.01. The van der Waals surface area contributed by atoms with Crippen molar-refractivity contribution in [2.75, 3.05) is 13.1 Å². The van der Waals surface area contributed by atoms with E-state index in [1.165, 1.54) is 25.2 Å². The summed E-state index contributed by atoms with van der Waals surface area (Å²) in [6.07, 6.45) is 7.54. The molecule has 0 spiro atoms. The van der Waals surface area contributed by atoms with E-state index in [0.29, 0.717) is 0 Å². The molecule has 0 atom stereocenters. The quantitative estimate of drug-likeness (QED) is 0.375. The van der Waals surface area contributed by atoms with Crippen LogP contribution in [0.25, 0.3) is 0 Å². The van der Waals surface area contributed by atoms with Gasteiger partial charge in [0.25, 0.3) is 0 Å². The van der Waals surface area contributed by atoms with Crippen LogP contribution in [0.4, 0.5) is 0 Å². The van der Waals surface area contributed by atoms with Gasteiger partial charge in [-0.3, -0.25) is 4.79 Å². The summed E-state index contributed by atoms with van der Waals surface area (Å²) in [5.41, 5.74) is 0. The summed E-state index contributed by atoms with van der Waals surface area (Å²) >= 11 is 0. The molecule has 13 heavy (non-hydrogen) atoms. The van der Waals surface area contributed by atoms with Crippen LogP contribution in [0, 0.1) is 0 Å². The van der Waals surface area contributed by atoms with Crippen LogP contribution in [-0.2, 0) is 9.53 Å². The molecular formula is C10H15NO2. The van der Waals surface area contributed by atoms with Gasteiger partial charge in [0, 0.05) is 19.3 Å². The molecule has 0 aromatic rings. The fourth-order valence-electron chi connectivity index (χ4n) is 1.25. The first-order chi connectivity index (χ1) is 6.33. The van der Waals surface area contributed by atoms with E-state index in [2.05, 4.69) is 11.5 Å². The summed E-state index contributed by atoms with van der Waals surface area (Å²) in [5, 5.41) is 0. The van der Waals surface area contributed by atoms with Gasteiger partial charge in [0.15, 0.2) is 0 Å². The Morgan fingerprint density at radius 1 is 1.46 bits per heavy atom. The van der Waals surface area contributed by atoms with Gasteiger partial charge in [-0.15, -0.1) is 6.58 Å². The second-order valence-electron chi connectivity index (χ2n) is 3.01. The van der Waals surface area contributed by atoms with Gasteiger partial charge < -0.3 is 9.64 Å². The van der Waals surface area contributed by atoms with Crippen LogP contribution in [0.5, 0.6) is 0 Å². The molecule has 3 heteroatoms. The Labute approximate surface area is 78.7 Å². The minimum atomic E-state index is -0.259. The number of nitrogens with zero attached hydrogens (tertiary/aromatic N) is 1. The third-order valence-corrected chi connectivity index (χ3v) is 1.92. The van der Waals surface area contributed by atoms with Crippen molar-refractivity contribution in [2.45, 2.75) is 19.3 Å². The summed E-state index contributed by atoms with van der Waals surface area (Å²) in [6, 6.07) is 0. The van der Waals surface area contributed by atoms with Gasteiger partial charge in [-0.25, -0.2) is 0 Å². The standard InChI is InChI=1S/C10H15NO2/c1-2-5-10(12)13-9-8-11-6-3-4-7-11/h2,8-9H,1,3-7H2. The molecule has 1 rings (SSSR count). The highest BCUT2D eigenvalue weighted by molar-refractivity contribution is 5.71. The molecule has 1 aliphatic rings. The topological polar surface area (TPSA) is 29.5 Å². The number of esters is 1. The van der Waals surface area contributed by atoms with Crippen LogP contribution in [0.1, 0.15) is 19.3 Å². The van der Waals surface area contributed by atoms with E-state index in [-0.39, 0.29) is 12.4 Å². The Morgan fingerprint density at radius 3 is 2.77 bits per heavy atom. The fraction of sp³-hybridized carbons (Fsp3) is 0.500. The third kappa shape index (κ3) is 3.78. The van der Waals surface area contributed by atoms with Crippen molar-refractivity contribution in [3.05, 3.63) is 25.1 Å². The number of likely N-dealkylation sites (tertiary alicyclic amines) is 1. The molecule has 0 unspecified atom stereocenters. The van der Waals surface area contributed by atoms with Crippen LogP contribution in [0.15, 0.2) is 25.1 Å². The maximum atomic E-state index is 10.9. The molecule has 1 aliphatic heterocycles.